The highest BCUT2D eigenvalue weighted by Gasteiger charge is 2.22. The minimum atomic E-state index is -0.0985. The van der Waals surface area contributed by atoms with E-state index in [9.17, 15) is 4.79 Å². The van der Waals surface area contributed by atoms with Crippen molar-refractivity contribution in [3.63, 3.8) is 0 Å². The molecule has 1 atom stereocenters. The molecule has 78 valence electrons. The Hall–Kier alpha value is -1.38. The van der Waals surface area contributed by atoms with Gasteiger partial charge in [-0.05, 0) is 30.8 Å². The Labute approximate surface area is 91.9 Å². The van der Waals surface area contributed by atoms with Crippen LogP contribution in [0.4, 0.5) is 5.00 Å². The number of rotatable bonds is 2. The van der Waals surface area contributed by atoms with Crippen molar-refractivity contribution in [2.75, 3.05) is 11.9 Å². The standard InChI is InChI=1S/C10H11N3OS/c11-6-7-3-5-15-10(7)13-9(14)8-2-1-4-12-8/h3,5,8,12H,1-2,4H2,(H,13,14)/t8-/m0/s1. The number of carbonyl (C=O) groups is 1. The molecule has 1 saturated heterocycles. The average molecular weight is 221 g/mol. The van der Waals surface area contributed by atoms with E-state index in [0.717, 1.165) is 19.4 Å². The maximum Gasteiger partial charge on any atom is 0.242 e. The lowest BCUT2D eigenvalue weighted by Gasteiger charge is -2.09. The molecule has 1 fully saturated rings. The number of thiophene rings is 1. The van der Waals surface area contributed by atoms with Gasteiger partial charge in [0.1, 0.15) is 11.1 Å². The first-order valence-electron chi connectivity index (χ1n) is 4.83. The van der Waals surface area contributed by atoms with E-state index >= 15 is 0 Å². The number of nitrogens with one attached hydrogen (secondary N) is 2. The van der Waals surface area contributed by atoms with Gasteiger partial charge in [-0.3, -0.25) is 4.79 Å². The molecule has 5 heteroatoms. The Bertz CT molecular complexity index is 401. The van der Waals surface area contributed by atoms with Gasteiger partial charge >= 0.3 is 0 Å². The van der Waals surface area contributed by atoms with E-state index in [1.54, 1.807) is 11.4 Å². The Kier molecular flexibility index (Phi) is 2.99. The topological polar surface area (TPSA) is 64.9 Å². The van der Waals surface area contributed by atoms with E-state index in [1.807, 2.05) is 6.07 Å². The van der Waals surface area contributed by atoms with Gasteiger partial charge in [-0.25, -0.2) is 0 Å². The fourth-order valence-electron chi connectivity index (χ4n) is 1.60. The first-order chi connectivity index (χ1) is 7.31. The normalized spacial score (nSPS) is 19.8. The number of amides is 1. The van der Waals surface area contributed by atoms with Crippen LogP contribution in [0.3, 0.4) is 0 Å². The fraction of sp³-hybridized carbons (Fsp3) is 0.400. The molecule has 2 N–H and O–H groups in total. The number of nitrogens with zero attached hydrogens (tertiary/aromatic N) is 1. The van der Waals surface area contributed by atoms with Crippen LogP contribution in [0.2, 0.25) is 0 Å². The second kappa shape index (κ2) is 4.43. The molecule has 0 saturated carbocycles. The van der Waals surface area contributed by atoms with Gasteiger partial charge in [0, 0.05) is 0 Å². The molecule has 15 heavy (non-hydrogen) atoms. The van der Waals surface area contributed by atoms with Gasteiger partial charge in [-0.15, -0.1) is 11.3 Å². The second-order valence-corrected chi connectivity index (χ2v) is 4.33. The maximum absolute atomic E-state index is 11.7. The highest BCUT2D eigenvalue weighted by atomic mass is 32.1. The molecule has 0 aliphatic carbocycles. The van der Waals surface area contributed by atoms with Gasteiger partial charge in [0.25, 0.3) is 0 Å². The lowest BCUT2D eigenvalue weighted by Crippen LogP contribution is -2.35. The van der Waals surface area contributed by atoms with Crippen LogP contribution in [0.25, 0.3) is 0 Å². The summed E-state index contributed by atoms with van der Waals surface area (Å²) in [6, 6.07) is 3.66. The molecule has 1 aromatic heterocycles. The van der Waals surface area contributed by atoms with Crippen molar-refractivity contribution in [2.24, 2.45) is 0 Å². The van der Waals surface area contributed by atoms with E-state index in [0.29, 0.717) is 10.6 Å². The molecule has 0 radical (unpaired) electrons. The molecule has 2 heterocycles. The second-order valence-electron chi connectivity index (χ2n) is 3.41. The highest BCUT2D eigenvalue weighted by molar-refractivity contribution is 7.14. The number of hydrogen-bond acceptors (Lipinski definition) is 4. The minimum absolute atomic E-state index is 0.0357. The minimum Gasteiger partial charge on any atom is -0.315 e. The highest BCUT2D eigenvalue weighted by Crippen LogP contribution is 2.22. The molecule has 1 aliphatic heterocycles. The van der Waals surface area contributed by atoms with Crippen molar-refractivity contribution >= 4 is 22.2 Å². The third kappa shape index (κ3) is 2.17. The molecule has 2 rings (SSSR count). The van der Waals surface area contributed by atoms with Gasteiger partial charge in [0.2, 0.25) is 5.91 Å². The summed E-state index contributed by atoms with van der Waals surface area (Å²) in [4.78, 5) is 11.7. The van der Waals surface area contributed by atoms with Gasteiger partial charge in [0.15, 0.2) is 0 Å². The van der Waals surface area contributed by atoms with Crippen LogP contribution in [-0.2, 0) is 4.79 Å². The summed E-state index contributed by atoms with van der Waals surface area (Å²) in [7, 11) is 0. The van der Waals surface area contributed by atoms with Crippen LogP contribution in [-0.4, -0.2) is 18.5 Å². The Morgan fingerprint density at radius 3 is 3.27 bits per heavy atom. The van der Waals surface area contributed by atoms with Crippen LogP contribution < -0.4 is 10.6 Å². The summed E-state index contributed by atoms with van der Waals surface area (Å²) in [5.74, 6) is -0.0357. The third-order valence-electron chi connectivity index (χ3n) is 2.40. The SMILES string of the molecule is N#Cc1ccsc1NC(=O)[C@@H]1CCCN1. The van der Waals surface area contributed by atoms with Crippen molar-refractivity contribution in [3.8, 4) is 6.07 Å². The van der Waals surface area contributed by atoms with Gasteiger partial charge in [-0.2, -0.15) is 5.26 Å². The van der Waals surface area contributed by atoms with Gasteiger partial charge in [0.05, 0.1) is 11.6 Å². The largest absolute Gasteiger partial charge is 0.315 e. The monoisotopic (exact) mass is 221 g/mol. The van der Waals surface area contributed by atoms with E-state index in [1.165, 1.54) is 11.3 Å². The first kappa shape index (κ1) is 10.1. The van der Waals surface area contributed by atoms with Crippen molar-refractivity contribution < 1.29 is 4.79 Å². The van der Waals surface area contributed by atoms with Crippen molar-refractivity contribution in [1.82, 2.24) is 5.32 Å². The number of nitriles is 1. The quantitative estimate of drug-likeness (QED) is 0.791. The predicted octanol–water partition coefficient (Wildman–Crippen LogP) is 1.31. The fourth-order valence-corrected chi connectivity index (χ4v) is 2.34. The summed E-state index contributed by atoms with van der Waals surface area (Å²) in [5.41, 5.74) is 0.534. The van der Waals surface area contributed by atoms with E-state index in [2.05, 4.69) is 10.6 Å². The summed E-state index contributed by atoms with van der Waals surface area (Å²) in [6.07, 6.45) is 1.91. The molecule has 1 aliphatic rings. The summed E-state index contributed by atoms with van der Waals surface area (Å²) in [5, 5.41) is 17.1. The lowest BCUT2D eigenvalue weighted by atomic mass is 10.2. The predicted molar refractivity (Wildman–Crippen MR) is 58.7 cm³/mol. The molecule has 0 unspecified atom stereocenters. The third-order valence-corrected chi connectivity index (χ3v) is 3.23. The van der Waals surface area contributed by atoms with Crippen LogP contribution in [0.15, 0.2) is 11.4 Å². The van der Waals surface area contributed by atoms with Gasteiger partial charge in [-0.1, -0.05) is 0 Å². The molecule has 0 aromatic carbocycles. The average Bonchev–Trinajstić information content (AvgIpc) is 2.87. The molecule has 0 spiro atoms. The Morgan fingerprint density at radius 2 is 2.60 bits per heavy atom. The lowest BCUT2D eigenvalue weighted by molar-refractivity contribution is -0.117. The van der Waals surface area contributed by atoms with Crippen molar-refractivity contribution in [2.45, 2.75) is 18.9 Å². The Morgan fingerprint density at radius 1 is 1.73 bits per heavy atom. The zero-order chi connectivity index (χ0) is 10.7. The van der Waals surface area contributed by atoms with Crippen molar-refractivity contribution in [3.05, 3.63) is 17.0 Å². The molecule has 0 bridgehead atoms. The van der Waals surface area contributed by atoms with E-state index in [-0.39, 0.29) is 11.9 Å². The smallest absolute Gasteiger partial charge is 0.242 e. The van der Waals surface area contributed by atoms with Crippen LogP contribution in [0.5, 0.6) is 0 Å². The zero-order valence-corrected chi connectivity index (χ0v) is 8.93. The molecular weight excluding hydrogens is 210 g/mol. The maximum atomic E-state index is 11.7. The summed E-state index contributed by atoms with van der Waals surface area (Å²) in [6.45, 7) is 0.896. The molecule has 4 nitrogen and oxygen atoms in total. The molecular formula is C10H11N3OS. The van der Waals surface area contributed by atoms with Crippen molar-refractivity contribution in [1.29, 1.82) is 5.26 Å². The van der Waals surface area contributed by atoms with E-state index < -0.39 is 0 Å². The molecule has 1 amide bonds. The van der Waals surface area contributed by atoms with Crippen LogP contribution >= 0.6 is 11.3 Å². The number of hydrogen-bond donors (Lipinski definition) is 2. The first-order valence-corrected chi connectivity index (χ1v) is 5.71. The van der Waals surface area contributed by atoms with Gasteiger partial charge < -0.3 is 10.6 Å². The summed E-state index contributed by atoms with van der Waals surface area (Å²) >= 11 is 1.38. The zero-order valence-electron chi connectivity index (χ0n) is 8.12. The Balaban J connectivity index is 2.02. The number of carbonyl (C=O) groups excluding carboxylic acids is 1. The molecule has 1 aromatic rings. The van der Waals surface area contributed by atoms with Crippen LogP contribution in [0, 0.1) is 11.3 Å². The number of anilines is 1. The van der Waals surface area contributed by atoms with Crippen LogP contribution in [0.1, 0.15) is 18.4 Å². The summed E-state index contributed by atoms with van der Waals surface area (Å²) < 4.78 is 0. The van der Waals surface area contributed by atoms with E-state index in [4.69, 9.17) is 5.26 Å².